The summed E-state index contributed by atoms with van der Waals surface area (Å²) in [5.74, 6) is -0.338. The first-order valence-corrected chi connectivity index (χ1v) is 5.89. The monoisotopic (exact) mass is 312 g/mol. The molecule has 0 bridgehead atoms. The smallest absolute Gasteiger partial charge is 0.165 e. The lowest BCUT2D eigenvalue weighted by Crippen LogP contribution is -1.91. The summed E-state index contributed by atoms with van der Waals surface area (Å²) in [6.07, 6.45) is 0.689. The highest BCUT2D eigenvalue weighted by atomic mass is 79.9. The zero-order chi connectivity index (χ0) is 13.3. The number of nitrogens with zero attached hydrogens (tertiary/aromatic N) is 2. The van der Waals surface area contributed by atoms with Crippen LogP contribution in [0, 0.1) is 5.82 Å². The van der Waals surface area contributed by atoms with Crippen LogP contribution in [0.25, 0.3) is 11.3 Å². The summed E-state index contributed by atoms with van der Waals surface area (Å²) in [7, 11) is 3.09. The number of hydrogen-bond acceptors (Lipinski definition) is 3. The predicted octanol–water partition coefficient (Wildman–Crippen LogP) is 2.81. The van der Waals surface area contributed by atoms with E-state index in [1.165, 1.54) is 23.9 Å². The molecular formula is C12H10BrFN2O2. The van der Waals surface area contributed by atoms with Gasteiger partial charge in [0.15, 0.2) is 17.9 Å². The van der Waals surface area contributed by atoms with Gasteiger partial charge in [-0.1, -0.05) is 0 Å². The molecule has 0 amide bonds. The van der Waals surface area contributed by atoms with E-state index in [-0.39, 0.29) is 5.75 Å². The van der Waals surface area contributed by atoms with E-state index in [4.69, 9.17) is 4.74 Å². The minimum atomic E-state index is -0.492. The Morgan fingerprint density at radius 3 is 2.78 bits per heavy atom. The molecule has 0 radical (unpaired) electrons. The number of ether oxygens (including phenoxy) is 1. The fraction of sp³-hybridized carbons (Fsp3) is 0.167. The summed E-state index contributed by atoms with van der Waals surface area (Å²) in [6.45, 7) is 0. The average molecular weight is 313 g/mol. The molecule has 1 heterocycles. The zero-order valence-electron chi connectivity index (χ0n) is 9.78. The quantitative estimate of drug-likeness (QED) is 0.819. The molecule has 0 saturated heterocycles. The van der Waals surface area contributed by atoms with Crippen LogP contribution in [0.5, 0.6) is 5.75 Å². The zero-order valence-corrected chi connectivity index (χ0v) is 11.4. The van der Waals surface area contributed by atoms with E-state index in [1.54, 1.807) is 13.1 Å². The lowest BCUT2D eigenvalue weighted by molar-refractivity contribution is 0.112. The van der Waals surface area contributed by atoms with E-state index in [0.717, 1.165) is 0 Å². The number of halogens is 2. The lowest BCUT2D eigenvalue weighted by Gasteiger charge is -2.03. The molecule has 1 aromatic heterocycles. The Bertz CT molecular complexity index is 610. The number of hydrogen-bond donors (Lipinski definition) is 0. The van der Waals surface area contributed by atoms with Crippen molar-refractivity contribution in [2.45, 2.75) is 0 Å². The maximum Gasteiger partial charge on any atom is 0.165 e. The normalized spacial score (nSPS) is 10.4. The van der Waals surface area contributed by atoms with Crippen molar-refractivity contribution in [1.82, 2.24) is 9.78 Å². The molecule has 0 atom stereocenters. The van der Waals surface area contributed by atoms with Crippen molar-refractivity contribution >= 4 is 22.2 Å². The molecule has 0 fully saturated rings. The van der Waals surface area contributed by atoms with Crippen molar-refractivity contribution in [1.29, 1.82) is 0 Å². The molecule has 0 aliphatic carbocycles. The first kappa shape index (κ1) is 12.8. The number of rotatable bonds is 3. The van der Waals surface area contributed by atoms with Crippen molar-refractivity contribution in [3.05, 3.63) is 34.2 Å². The van der Waals surface area contributed by atoms with E-state index in [1.807, 2.05) is 0 Å². The fourth-order valence-corrected chi connectivity index (χ4v) is 2.01. The van der Waals surface area contributed by atoms with Crippen LogP contribution in [0.15, 0.2) is 22.8 Å². The van der Waals surface area contributed by atoms with Gasteiger partial charge in [0, 0.05) is 12.6 Å². The number of aryl methyl sites for hydroxylation is 1. The Hall–Kier alpha value is -1.69. The van der Waals surface area contributed by atoms with Crippen molar-refractivity contribution < 1.29 is 13.9 Å². The van der Waals surface area contributed by atoms with Gasteiger partial charge in [0.1, 0.15) is 10.3 Å². The summed E-state index contributed by atoms with van der Waals surface area (Å²) >= 11 is 3.26. The molecule has 0 spiro atoms. The molecular weight excluding hydrogens is 303 g/mol. The summed E-state index contributed by atoms with van der Waals surface area (Å²) in [4.78, 5) is 11.0. The van der Waals surface area contributed by atoms with Gasteiger partial charge in [-0.3, -0.25) is 9.48 Å². The number of methoxy groups -OCH3 is 1. The van der Waals surface area contributed by atoms with Gasteiger partial charge in [-0.25, -0.2) is 4.39 Å². The highest BCUT2D eigenvalue weighted by Crippen LogP contribution is 2.29. The first-order valence-electron chi connectivity index (χ1n) is 5.10. The van der Waals surface area contributed by atoms with E-state index in [9.17, 15) is 9.18 Å². The van der Waals surface area contributed by atoms with Crippen LogP contribution in [-0.4, -0.2) is 23.2 Å². The van der Waals surface area contributed by atoms with E-state index >= 15 is 0 Å². The van der Waals surface area contributed by atoms with Crippen LogP contribution < -0.4 is 4.74 Å². The van der Waals surface area contributed by atoms with Crippen molar-refractivity contribution in [2.24, 2.45) is 7.05 Å². The average Bonchev–Trinajstić information content (AvgIpc) is 2.65. The predicted molar refractivity (Wildman–Crippen MR) is 68.2 cm³/mol. The molecule has 1 aromatic carbocycles. The molecule has 2 rings (SSSR count). The Morgan fingerprint density at radius 1 is 1.50 bits per heavy atom. The largest absolute Gasteiger partial charge is 0.494 e. The van der Waals surface area contributed by atoms with Crippen LogP contribution in [0.3, 0.4) is 0 Å². The number of benzene rings is 1. The van der Waals surface area contributed by atoms with Gasteiger partial charge in [0.05, 0.1) is 12.7 Å². The summed E-state index contributed by atoms with van der Waals surface area (Å²) < 4.78 is 20.5. The molecule has 18 heavy (non-hydrogen) atoms. The second-order valence-corrected chi connectivity index (χ2v) is 4.40. The maximum atomic E-state index is 13.6. The third kappa shape index (κ3) is 2.03. The topological polar surface area (TPSA) is 44.1 Å². The molecule has 94 valence electrons. The lowest BCUT2D eigenvalue weighted by atomic mass is 10.1. The Balaban J connectivity index is 2.58. The van der Waals surface area contributed by atoms with E-state index in [0.29, 0.717) is 27.7 Å². The molecule has 0 N–H and O–H groups in total. The third-order valence-corrected chi connectivity index (χ3v) is 3.49. The molecule has 0 aliphatic rings. The Morgan fingerprint density at radius 2 is 2.22 bits per heavy atom. The van der Waals surface area contributed by atoms with Crippen LogP contribution in [0.4, 0.5) is 4.39 Å². The van der Waals surface area contributed by atoms with Gasteiger partial charge < -0.3 is 4.74 Å². The second-order valence-electron chi connectivity index (χ2n) is 3.64. The maximum absolute atomic E-state index is 13.6. The van der Waals surface area contributed by atoms with Crippen molar-refractivity contribution in [3.63, 3.8) is 0 Å². The number of carbonyl (C=O) groups excluding carboxylic acids is 1. The first-order chi connectivity index (χ1) is 8.58. The van der Waals surface area contributed by atoms with Gasteiger partial charge in [0.25, 0.3) is 0 Å². The molecule has 0 unspecified atom stereocenters. The van der Waals surface area contributed by atoms with Crippen molar-refractivity contribution in [3.8, 4) is 17.0 Å². The van der Waals surface area contributed by atoms with Gasteiger partial charge >= 0.3 is 0 Å². The summed E-state index contributed by atoms with van der Waals surface area (Å²) in [5.41, 5.74) is 1.35. The van der Waals surface area contributed by atoms with E-state index in [2.05, 4.69) is 21.0 Å². The molecule has 6 heteroatoms. The van der Waals surface area contributed by atoms with Gasteiger partial charge in [-0.2, -0.15) is 5.10 Å². The number of carbonyl (C=O) groups is 1. The van der Waals surface area contributed by atoms with Crippen LogP contribution in [-0.2, 0) is 7.05 Å². The van der Waals surface area contributed by atoms with Crippen molar-refractivity contribution in [2.75, 3.05) is 7.11 Å². The van der Waals surface area contributed by atoms with Gasteiger partial charge in [-0.15, -0.1) is 0 Å². The molecule has 2 aromatic rings. The second kappa shape index (κ2) is 4.89. The molecule has 0 aliphatic heterocycles. The van der Waals surface area contributed by atoms with Crippen LogP contribution >= 0.6 is 15.9 Å². The van der Waals surface area contributed by atoms with E-state index < -0.39 is 5.82 Å². The number of aldehydes is 1. The highest BCUT2D eigenvalue weighted by Gasteiger charge is 2.16. The molecule has 0 saturated carbocycles. The SMILES string of the molecule is COc1ccc(-c2nn(C)c(Br)c2C=O)cc1F. The standard InChI is InChI=1S/C12H10BrFN2O2/c1-16-12(13)8(6-17)11(15-16)7-3-4-10(18-2)9(14)5-7/h3-6H,1-2H3. The van der Waals surface area contributed by atoms with Gasteiger partial charge in [0.2, 0.25) is 0 Å². The Kier molecular flexibility index (Phi) is 3.47. The minimum absolute atomic E-state index is 0.154. The summed E-state index contributed by atoms with van der Waals surface area (Å²) in [5, 5.41) is 4.18. The van der Waals surface area contributed by atoms with Crippen LogP contribution in [0.1, 0.15) is 10.4 Å². The van der Waals surface area contributed by atoms with Crippen LogP contribution in [0.2, 0.25) is 0 Å². The minimum Gasteiger partial charge on any atom is -0.494 e. The summed E-state index contributed by atoms with van der Waals surface area (Å²) in [6, 6.07) is 4.45. The third-order valence-electron chi connectivity index (χ3n) is 2.55. The highest BCUT2D eigenvalue weighted by molar-refractivity contribution is 9.10. The molecule has 4 nitrogen and oxygen atoms in total. The van der Waals surface area contributed by atoms with Gasteiger partial charge in [-0.05, 0) is 34.1 Å². The Labute approximate surface area is 111 Å². The fourth-order valence-electron chi connectivity index (χ4n) is 1.65. The number of aromatic nitrogens is 2.